The van der Waals surface area contributed by atoms with E-state index in [-0.39, 0.29) is 5.91 Å². The summed E-state index contributed by atoms with van der Waals surface area (Å²) in [7, 11) is 0. The van der Waals surface area contributed by atoms with Crippen LogP contribution in [0, 0.1) is 0 Å². The minimum atomic E-state index is -1.11. The summed E-state index contributed by atoms with van der Waals surface area (Å²) in [5, 5.41) is 10.9. The summed E-state index contributed by atoms with van der Waals surface area (Å²) in [6.07, 6.45) is 11.5. The molecule has 17 heavy (non-hydrogen) atoms. The summed E-state index contributed by atoms with van der Waals surface area (Å²) >= 11 is 0. The first kappa shape index (κ1) is 15.4. The molecule has 0 saturated heterocycles. The number of hydrogen-bond acceptors (Lipinski definition) is 2. The van der Waals surface area contributed by atoms with Crippen LogP contribution >= 0.6 is 0 Å². The van der Waals surface area contributed by atoms with Gasteiger partial charge in [-0.25, -0.2) is 4.79 Å². The van der Waals surface area contributed by atoms with Crippen molar-refractivity contribution in [3.8, 4) is 0 Å². The number of carbonyl (C=O) groups excluding carboxylic acids is 1. The van der Waals surface area contributed by atoms with Gasteiger partial charge in [-0.1, -0.05) is 25.5 Å². The predicted molar refractivity (Wildman–Crippen MR) is 67.7 cm³/mol. The number of carboxylic acid groups (broad SMARTS) is 1. The molecule has 0 spiro atoms. The molecule has 0 aliphatic carbocycles. The molecule has 0 radical (unpaired) electrons. The van der Waals surface area contributed by atoms with E-state index in [4.69, 9.17) is 5.11 Å². The lowest BCUT2D eigenvalue weighted by Gasteiger charge is -2.00. The van der Waals surface area contributed by atoms with E-state index in [2.05, 4.69) is 24.4 Å². The first-order valence-corrected chi connectivity index (χ1v) is 6.00. The molecule has 0 bridgehead atoms. The second kappa shape index (κ2) is 10.9. The van der Waals surface area contributed by atoms with Gasteiger partial charge in [0.15, 0.2) is 0 Å². The summed E-state index contributed by atoms with van der Waals surface area (Å²) in [6, 6.07) is 0. The van der Waals surface area contributed by atoms with Crippen LogP contribution in [-0.2, 0) is 9.59 Å². The van der Waals surface area contributed by atoms with Crippen LogP contribution < -0.4 is 5.32 Å². The Balaban J connectivity index is 3.39. The lowest BCUT2D eigenvalue weighted by atomic mass is 10.2. The van der Waals surface area contributed by atoms with Gasteiger partial charge in [-0.05, 0) is 25.7 Å². The van der Waals surface area contributed by atoms with E-state index in [9.17, 15) is 9.59 Å². The van der Waals surface area contributed by atoms with Gasteiger partial charge >= 0.3 is 5.97 Å². The molecular formula is C13H21NO3. The molecular weight excluding hydrogens is 218 g/mol. The van der Waals surface area contributed by atoms with Gasteiger partial charge in [-0.3, -0.25) is 4.79 Å². The Morgan fingerprint density at radius 3 is 2.47 bits per heavy atom. The number of nitrogens with one attached hydrogen (secondary N) is 1. The zero-order valence-electron chi connectivity index (χ0n) is 10.3. The highest BCUT2D eigenvalue weighted by Crippen LogP contribution is 1.97. The molecule has 0 aromatic carbocycles. The summed E-state index contributed by atoms with van der Waals surface area (Å²) in [5.74, 6) is -1.46. The van der Waals surface area contributed by atoms with Gasteiger partial charge in [-0.2, -0.15) is 0 Å². The highest BCUT2D eigenvalue weighted by molar-refractivity contribution is 5.93. The second-order valence-electron chi connectivity index (χ2n) is 3.72. The average Bonchev–Trinajstić information content (AvgIpc) is 2.30. The molecule has 0 aliphatic rings. The molecule has 0 saturated carbocycles. The second-order valence-corrected chi connectivity index (χ2v) is 3.72. The fraction of sp³-hybridized carbons (Fsp3) is 0.538. The maximum atomic E-state index is 11.0. The highest BCUT2D eigenvalue weighted by atomic mass is 16.4. The Kier molecular flexibility index (Phi) is 9.91. The van der Waals surface area contributed by atoms with Gasteiger partial charge in [0, 0.05) is 18.7 Å². The lowest BCUT2D eigenvalue weighted by Crippen LogP contribution is -2.22. The summed E-state index contributed by atoms with van der Waals surface area (Å²) in [4.78, 5) is 21.2. The molecule has 4 heteroatoms. The molecule has 0 aromatic rings. The van der Waals surface area contributed by atoms with Crippen LogP contribution in [0.1, 0.15) is 39.0 Å². The lowest BCUT2D eigenvalue weighted by molar-refractivity contribution is -0.131. The van der Waals surface area contributed by atoms with Gasteiger partial charge in [-0.15, -0.1) is 0 Å². The van der Waals surface area contributed by atoms with E-state index in [0.717, 1.165) is 37.8 Å². The number of hydrogen-bond donors (Lipinski definition) is 2. The SMILES string of the molecule is CCC/C=C/CCCCNC(=O)/C=C/C(=O)O. The summed E-state index contributed by atoms with van der Waals surface area (Å²) in [6.45, 7) is 2.73. The average molecular weight is 239 g/mol. The third-order valence-electron chi connectivity index (χ3n) is 2.10. The van der Waals surface area contributed by atoms with Crippen molar-refractivity contribution in [3.63, 3.8) is 0 Å². The minimum Gasteiger partial charge on any atom is -0.478 e. The van der Waals surface area contributed by atoms with Crippen LogP contribution in [0.2, 0.25) is 0 Å². The Bertz CT molecular complexity index is 282. The zero-order valence-corrected chi connectivity index (χ0v) is 10.3. The van der Waals surface area contributed by atoms with Crippen LogP contribution in [0.15, 0.2) is 24.3 Å². The van der Waals surface area contributed by atoms with Crippen molar-refractivity contribution in [2.45, 2.75) is 39.0 Å². The molecule has 0 fully saturated rings. The number of carboxylic acids is 1. The van der Waals surface area contributed by atoms with E-state index < -0.39 is 5.97 Å². The maximum absolute atomic E-state index is 11.0. The van der Waals surface area contributed by atoms with Crippen molar-refractivity contribution < 1.29 is 14.7 Å². The first-order valence-electron chi connectivity index (χ1n) is 6.00. The molecule has 0 heterocycles. The van der Waals surface area contributed by atoms with Crippen molar-refractivity contribution in [2.75, 3.05) is 6.54 Å². The molecule has 0 unspecified atom stereocenters. The molecule has 0 rings (SSSR count). The van der Waals surface area contributed by atoms with Gasteiger partial charge in [0.1, 0.15) is 0 Å². The van der Waals surface area contributed by atoms with Crippen molar-refractivity contribution in [3.05, 3.63) is 24.3 Å². The van der Waals surface area contributed by atoms with Crippen LogP contribution in [0.25, 0.3) is 0 Å². The van der Waals surface area contributed by atoms with Crippen molar-refractivity contribution in [1.82, 2.24) is 5.32 Å². The number of aliphatic carboxylic acids is 1. The Morgan fingerprint density at radius 2 is 1.82 bits per heavy atom. The van der Waals surface area contributed by atoms with Crippen LogP contribution in [0.5, 0.6) is 0 Å². The monoisotopic (exact) mass is 239 g/mol. The molecule has 96 valence electrons. The van der Waals surface area contributed by atoms with E-state index in [1.807, 2.05) is 0 Å². The third-order valence-corrected chi connectivity index (χ3v) is 2.10. The highest BCUT2D eigenvalue weighted by Gasteiger charge is 1.95. The largest absolute Gasteiger partial charge is 0.478 e. The van der Waals surface area contributed by atoms with E-state index in [0.29, 0.717) is 6.54 Å². The number of rotatable bonds is 9. The standard InChI is InChI=1S/C13H21NO3/c1-2-3-4-5-6-7-8-11-14-12(15)9-10-13(16)17/h4-5,9-10H,2-3,6-8,11H2,1H3,(H,14,15)(H,16,17)/b5-4+,10-9+. The molecule has 2 N–H and O–H groups in total. The van der Waals surface area contributed by atoms with Crippen molar-refractivity contribution in [1.29, 1.82) is 0 Å². The van der Waals surface area contributed by atoms with Gasteiger partial charge < -0.3 is 10.4 Å². The van der Waals surface area contributed by atoms with E-state index in [1.54, 1.807) is 0 Å². The molecule has 1 amide bonds. The van der Waals surface area contributed by atoms with Crippen molar-refractivity contribution >= 4 is 11.9 Å². The zero-order chi connectivity index (χ0) is 12.9. The third kappa shape index (κ3) is 12.4. The van der Waals surface area contributed by atoms with Crippen LogP contribution in [0.4, 0.5) is 0 Å². The van der Waals surface area contributed by atoms with Gasteiger partial charge in [0.05, 0.1) is 0 Å². The maximum Gasteiger partial charge on any atom is 0.328 e. The smallest absolute Gasteiger partial charge is 0.328 e. The van der Waals surface area contributed by atoms with Gasteiger partial charge in [0.25, 0.3) is 0 Å². The first-order chi connectivity index (χ1) is 8.16. The van der Waals surface area contributed by atoms with Crippen LogP contribution in [0.3, 0.4) is 0 Å². The number of amides is 1. The topological polar surface area (TPSA) is 66.4 Å². The Hall–Kier alpha value is -1.58. The molecule has 0 aliphatic heterocycles. The van der Waals surface area contributed by atoms with Crippen LogP contribution in [-0.4, -0.2) is 23.5 Å². The van der Waals surface area contributed by atoms with Crippen molar-refractivity contribution in [2.24, 2.45) is 0 Å². The molecule has 0 atom stereocenters. The van der Waals surface area contributed by atoms with E-state index in [1.165, 1.54) is 6.42 Å². The van der Waals surface area contributed by atoms with E-state index >= 15 is 0 Å². The fourth-order valence-corrected chi connectivity index (χ4v) is 1.21. The predicted octanol–water partition coefficient (Wildman–Crippen LogP) is 2.27. The summed E-state index contributed by atoms with van der Waals surface area (Å²) in [5.41, 5.74) is 0. The normalized spacial score (nSPS) is 11.1. The number of allylic oxidation sites excluding steroid dienone is 2. The molecule has 4 nitrogen and oxygen atoms in total. The quantitative estimate of drug-likeness (QED) is 0.368. The minimum absolute atomic E-state index is 0.353. The van der Waals surface area contributed by atoms with Gasteiger partial charge in [0.2, 0.25) is 5.91 Å². The molecule has 0 aromatic heterocycles. The Labute approximate surface area is 102 Å². The fourth-order valence-electron chi connectivity index (χ4n) is 1.21. The number of carbonyl (C=O) groups is 2. The number of unbranched alkanes of at least 4 members (excludes halogenated alkanes) is 3. The Morgan fingerprint density at radius 1 is 1.12 bits per heavy atom. The summed E-state index contributed by atoms with van der Waals surface area (Å²) < 4.78 is 0.